The lowest BCUT2D eigenvalue weighted by atomic mass is 9.87. The molecule has 1 saturated heterocycles. The Kier molecular flexibility index (Phi) is 9.35. The monoisotopic (exact) mass is 552 g/mol. The lowest BCUT2D eigenvalue weighted by molar-refractivity contribution is 0.0566. The zero-order chi connectivity index (χ0) is 28.0. The topological polar surface area (TPSA) is 66.0 Å². The molecule has 0 atom stereocenters. The maximum absolute atomic E-state index is 13.5. The van der Waals surface area contributed by atoms with Gasteiger partial charge in [-0.3, -0.25) is 9.69 Å². The van der Waals surface area contributed by atoms with Gasteiger partial charge in [-0.2, -0.15) is 0 Å². The van der Waals surface area contributed by atoms with Crippen LogP contribution in [0.25, 0.3) is 0 Å². The summed E-state index contributed by atoms with van der Waals surface area (Å²) in [4.78, 5) is 35.4. The van der Waals surface area contributed by atoms with E-state index in [0.717, 1.165) is 10.6 Å². The molecule has 1 aliphatic rings. The molecule has 9 heteroatoms. The highest BCUT2D eigenvalue weighted by Crippen LogP contribution is 2.24. The summed E-state index contributed by atoms with van der Waals surface area (Å²) in [6, 6.07) is 15.2. The molecule has 3 aromatic rings. The first-order valence-corrected chi connectivity index (χ1v) is 14.2. The van der Waals surface area contributed by atoms with E-state index < -0.39 is 0 Å². The van der Waals surface area contributed by atoms with Crippen LogP contribution in [0.5, 0.6) is 0 Å². The van der Waals surface area contributed by atoms with Gasteiger partial charge < -0.3 is 14.5 Å². The van der Waals surface area contributed by atoms with Crippen LogP contribution < -0.4 is 0 Å². The highest BCUT2D eigenvalue weighted by atomic mass is 32.1. The molecule has 39 heavy (non-hydrogen) atoms. The Labute approximate surface area is 234 Å². The van der Waals surface area contributed by atoms with Crippen LogP contribution in [0.4, 0.5) is 9.18 Å². The number of ether oxygens (including phenoxy) is 1. The maximum atomic E-state index is 13.5. The van der Waals surface area contributed by atoms with Crippen LogP contribution in [0.3, 0.4) is 0 Å². The Morgan fingerprint density at radius 3 is 2.05 bits per heavy atom. The quantitative estimate of drug-likeness (QED) is 0.359. The van der Waals surface area contributed by atoms with Gasteiger partial charge >= 0.3 is 6.09 Å². The van der Waals surface area contributed by atoms with Gasteiger partial charge in [-0.05, 0) is 41.2 Å². The normalized spacial score (nSPS) is 14.1. The molecule has 1 aromatic heterocycles. The van der Waals surface area contributed by atoms with Crippen molar-refractivity contribution in [3.63, 3.8) is 0 Å². The number of amides is 2. The van der Waals surface area contributed by atoms with Crippen LogP contribution in [0.2, 0.25) is 0 Å². The lowest BCUT2D eigenvalue weighted by Gasteiger charge is -2.33. The van der Waals surface area contributed by atoms with Gasteiger partial charge in [0.1, 0.15) is 16.5 Å². The van der Waals surface area contributed by atoms with E-state index in [0.29, 0.717) is 58.1 Å². The molecule has 1 fully saturated rings. The Bertz CT molecular complexity index is 1250. The summed E-state index contributed by atoms with van der Waals surface area (Å²) in [5.74, 6) is -0.377. The SMILES string of the molecule is CCOC(=O)N1CCN(C(=O)c2csc(CN(Cc3ccc(F)cc3)Cc3ccc(C(C)(C)C)cc3)n2)CC1. The first kappa shape index (κ1) is 28.7. The molecule has 2 aromatic carbocycles. The third kappa shape index (κ3) is 7.86. The van der Waals surface area contributed by atoms with Crippen LogP contribution >= 0.6 is 11.3 Å². The Morgan fingerprint density at radius 2 is 1.49 bits per heavy atom. The van der Waals surface area contributed by atoms with Crippen molar-refractivity contribution in [3.8, 4) is 0 Å². The number of hydrogen-bond acceptors (Lipinski definition) is 6. The summed E-state index contributed by atoms with van der Waals surface area (Å²) in [5.41, 5.74) is 3.98. The molecular weight excluding hydrogens is 515 g/mol. The average molecular weight is 553 g/mol. The van der Waals surface area contributed by atoms with E-state index in [-0.39, 0.29) is 23.2 Å². The van der Waals surface area contributed by atoms with E-state index in [4.69, 9.17) is 4.74 Å². The van der Waals surface area contributed by atoms with Crippen molar-refractivity contribution in [2.45, 2.75) is 52.7 Å². The third-order valence-electron chi connectivity index (χ3n) is 6.77. The summed E-state index contributed by atoms with van der Waals surface area (Å²) in [7, 11) is 0. The number of carbonyl (C=O) groups excluding carboxylic acids is 2. The summed E-state index contributed by atoms with van der Waals surface area (Å²) in [5, 5.41) is 2.65. The van der Waals surface area contributed by atoms with Crippen molar-refractivity contribution in [2.75, 3.05) is 32.8 Å². The molecule has 2 amide bonds. The largest absolute Gasteiger partial charge is 0.450 e. The molecule has 0 radical (unpaired) electrons. The number of benzene rings is 2. The van der Waals surface area contributed by atoms with Gasteiger partial charge in [0.25, 0.3) is 5.91 Å². The molecule has 2 heterocycles. The minimum atomic E-state index is -0.338. The van der Waals surface area contributed by atoms with E-state index >= 15 is 0 Å². The number of nitrogens with zero attached hydrogens (tertiary/aromatic N) is 4. The number of rotatable bonds is 8. The predicted molar refractivity (Wildman–Crippen MR) is 151 cm³/mol. The number of carbonyl (C=O) groups is 2. The number of thiazole rings is 1. The second-order valence-corrected chi connectivity index (χ2v) is 11.8. The van der Waals surface area contributed by atoms with Gasteiger partial charge in [-0.1, -0.05) is 57.2 Å². The van der Waals surface area contributed by atoms with E-state index in [1.807, 2.05) is 5.38 Å². The van der Waals surface area contributed by atoms with Gasteiger partial charge in [0.2, 0.25) is 0 Å². The molecule has 7 nitrogen and oxygen atoms in total. The fraction of sp³-hybridized carbons (Fsp3) is 0.433. The van der Waals surface area contributed by atoms with Gasteiger partial charge in [0.15, 0.2) is 0 Å². The van der Waals surface area contributed by atoms with Crippen molar-refractivity contribution in [1.82, 2.24) is 19.7 Å². The Morgan fingerprint density at radius 1 is 0.923 bits per heavy atom. The van der Waals surface area contributed by atoms with E-state index in [9.17, 15) is 14.0 Å². The Balaban J connectivity index is 1.43. The van der Waals surface area contributed by atoms with Gasteiger partial charge in [0, 0.05) is 44.6 Å². The molecular formula is C30H37FN4O3S. The first-order chi connectivity index (χ1) is 18.6. The summed E-state index contributed by atoms with van der Waals surface area (Å²) >= 11 is 1.47. The summed E-state index contributed by atoms with van der Waals surface area (Å²) in [6.07, 6.45) is -0.338. The number of piperazine rings is 1. The van der Waals surface area contributed by atoms with Crippen molar-refractivity contribution < 1.29 is 18.7 Å². The number of aromatic nitrogens is 1. The zero-order valence-corrected chi connectivity index (χ0v) is 24.0. The third-order valence-corrected chi connectivity index (χ3v) is 7.60. The van der Waals surface area contributed by atoms with Crippen molar-refractivity contribution >= 4 is 23.3 Å². The van der Waals surface area contributed by atoms with Crippen LogP contribution in [0.15, 0.2) is 53.9 Å². The van der Waals surface area contributed by atoms with E-state index in [1.165, 1.54) is 34.6 Å². The first-order valence-electron chi connectivity index (χ1n) is 13.3. The molecule has 0 bridgehead atoms. The smallest absolute Gasteiger partial charge is 0.409 e. The van der Waals surface area contributed by atoms with Crippen LogP contribution in [-0.2, 0) is 29.8 Å². The van der Waals surface area contributed by atoms with Crippen molar-refractivity contribution in [2.24, 2.45) is 0 Å². The summed E-state index contributed by atoms with van der Waals surface area (Å²) < 4.78 is 18.6. The zero-order valence-electron chi connectivity index (χ0n) is 23.2. The van der Waals surface area contributed by atoms with Crippen molar-refractivity contribution in [1.29, 1.82) is 0 Å². The highest BCUT2D eigenvalue weighted by molar-refractivity contribution is 7.09. The average Bonchev–Trinajstić information content (AvgIpc) is 3.38. The molecule has 0 N–H and O–H groups in total. The predicted octanol–water partition coefficient (Wildman–Crippen LogP) is 5.70. The molecule has 4 rings (SSSR count). The molecule has 0 unspecified atom stereocenters. The maximum Gasteiger partial charge on any atom is 0.409 e. The van der Waals surface area contributed by atoms with Crippen molar-refractivity contribution in [3.05, 3.63) is 87.1 Å². The standard InChI is InChI=1S/C30H37FN4O3S/c1-5-38-29(37)35-16-14-34(15-17-35)28(36)26-21-39-27(32-26)20-33(19-23-8-12-25(31)13-9-23)18-22-6-10-24(11-7-22)30(2,3)4/h6-13,21H,5,14-20H2,1-4H3. The minimum Gasteiger partial charge on any atom is -0.450 e. The minimum absolute atomic E-state index is 0.0849. The molecule has 1 aliphatic heterocycles. The van der Waals surface area contributed by atoms with Gasteiger partial charge in [-0.25, -0.2) is 14.2 Å². The van der Waals surface area contributed by atoms with E-state index in [2.05, 4.69) is 54.9 Å². The fourth-order valence-electron chi connectivity index (χ4n) is 4.53. The summed E-state index contributed by atoms with van der Waals surface area (Å²) in [6.45, 7) is 12.4. The Hall–Kier alpha value is -3.30. The van der Waals surface area contributed by atoms with Gasteiger partial charge in [-0.15, -0.1) is 11.3 Å². The van der Waals surface area contributed by atoms with Crippen LogP contribution in [-0.4, -0.2) is 64.5 Å². The van der Waals surface area contributed by atoms with Crippen LogP contribution in [0.1, 0.15) is 59.9 Å². The molecule has 0 spiro atoms. The molecule has 208 valence electrons. The second-order valence-electron chi connectivity index (χ2n) is 10.8. The molecule has 0 saturated carbocycles. The lowest BCUT2D eigenvalue weighted by Crippen LogP contribution is -2.50. The highest BCUT2D eigenvalue weighted by Gasteiger charge is 2.27. The second kappa shape index (κ2) is 12.7. The number of hydrogen-bond donors (Lipinski definition) is 0. The fourth-order valence-corrected chi connectivity index (χ4v) is 5.34. The van der Waals surface area contributed by atoms with E-state index in [1.54, 1.807) is 28.9 Å². The number of halogens is 1. The van der Waals surface area contributed by atoms with Gasteiger partial charge in [0.05, 0.1) is 13.2 Å². The van der Waals surface area contributed by atoms with Crippen LogP contribution in [0, 0.1) is 5.82 Å². The molecule has 0 aliphatic carbocycles.